The normalized spacial score (nSPS) is 15.8. The standard InChI is InChI=1S/C17H29N5OS.HI/c1-14(2)16(23)19-6-7-20-17(18-3)22-10-8-21(9-11-22)13-15-5-4-12-24-15;/h4-5,12,14H,6-11,13H2,1-3H3,(H,18,20)(H,19,23);1H. The van der Waals surface area contributed by atoms with Gasteiger partial charge in [-0.05, 0) is 11.4 Å². The molecule has 1 aliphatic rings. The average Bonchev–Trinajstić information content (AvgIpc) is 3.08. The lowest BCUT2D eigenvalue weighted by Gasteiger charge is -2.36. The molecule has 1 fully saturated rings. The molecule has 2 N–H and O–H groups in total. The van der Waals surface area contributed by atoms with Gasteiger partial charge in [-0.15, -0.1) is 35.3 Å². The minimum absolute atomic E-state index is 0. The molecule has 8 heteroatoms. The first-order valence-corrected chi connectivity index (χ1v) is 9.46. The van der Waals surface area contributed by atoms with Crippen LogP contribution in [0.3, 0.4) is 0 Å². The lowest BCUT2D eigenvalue weighted by molar-refractivity contribution is -0.123. The molecule has 0 radical (unpaired) electrons. The number of nitrogens with zero attached hydrogens (tertiary/aromatic N) is 3. The Kier molecular flexibility index (Phi) is 10.4. The van der Waals surface area contributed by atoms with Crippen LogP contribution in [0.25, 0.3) is 0 Å². The number of carbonyl (C=O) groups is 1. The van der Waals surface area contributed by atoms with Crippen LogP contribution in [0.1, 0.15) is 18.7 Å². The number of guanidine groups is 1. The Hall–Kier alpha value is -0.870. The number of rotatable bonds is 6. The summed E-state index contributed by atoms with van der Waals surface area (Å²) in [6, 6.07) is 4.31. The van der Waals surface area contributed by atoms with Crippen molar-refractivity contribution in [3.63, 3.8) is 0 Å². The summed E-state index contributed by atoms with van der Waals surface area (Å²) in [4.78, 5) is 22.1. The topological polar surface area (TPSA) is 60.0 Å². The number of piperazine rings is 1. The molecule has 1 amide bonds. The molecule has 2 rings (SSSR count). The maximum absolute atomic E-state index is 11.5. The van der Waals surface area contributed by atoms with Gasteiger partial charge >= 0.3 is 0 Å². The van der Waals surface area contributed by atoms with E-state index in [1.54, 1.807) is 0 Å². The van der Waals surface area contributed by atoms with Crippen molar-refractivity contribution in [2.24, 2.45) is 10.9 Å². The molecule has 0 aliphatic carbocycles. The Morgan fingerprint density at radius 2 is 1.92 bits per heavy atom. The van der Waals surface area contributed by atoms with Crippen LogP contribution in [0, 0.1) is 5.92 Å². The molecule has 0 saturated carbocycles. The third-order valence-corrected chi connectivity index (χ3v) is 4.94. The van der Waals surface area contributed by atoms with Gasteiger partial charge < -0.3 is 15.5 Å². The van der Waals surface area contributed by atoms with E-state index >= 15 is 0 Å². The summed E-state index contributed by atoms with van der Waals surface area (Å²) in [5.74, 6) is 1.04. The molecule has 0 unspecified atom stereocenters. The Balaban J connectivity index is 0.00000312. The molecule has 1 saturated heterocycles. The first-order valence-electron chi connectivity index (χ1n) is 8.58. The van der Waals surface area contributed by atoms with Crippen LogP contribution in [-0.4, -0.2) is 68.0 Å². The van der Waals surface area contributed by atoms with Crippen molar-refractivity contribution in [3.8, 4) is 0 Å². The smallest absolute Gasteiger partial charge is 0.222 e. The highest BCUT2D eigenvalue weighted by atomic mass is 127. The predicted molar refractivity (Wildman–Crippen MR) is 116 cm³/mol. The van der Waals surface area contributed by atoms with Crippen LogP contribution in [0.4, 0.5) is 0 Å². The third kappa shape index (κ3) is 7.49. The molecular weight excluding hydrogens is 449 g/mol. The number of hydrogen-bond acceptors (Lipinski definition) is 4. The molecule has 1 aromatic heterocycles. The quantitative estimate of drug-likeness (QED) is 0.283. The van der Waals surface area contributed by atoms with Crippen molar-refractivity contribution in [2.75, 3.05) is 46.3 Å². The maximum atomic E-state index is 11.5. The van der Waals surface area contributed by atoms with Gasteiger partial charge in [0, 0.05) is 63.7 Å². The molecule has 25 heavy (non-hydrogen) atoms. The van der Waals surface area contributed by atoms with Crippen molar-refractivity contribution in [1.29, 1.82) is 0 Å². The molecule has 0 spiro atoms. The SMILES string of the molecule is CN=C(NCCNC(=O)C(C)C)N1CCN(Cc2cccs2)CC1.I. The average molecular weight is 479 g/mol. The lowest BCUT2D eigenvalue weighted by atomic mass is 10.2. The van der Waals surface area contributed by atoms with Crippen LogP contribution >= 0.6 is 35.3 Å². The van der Waals surface area contributed by atoms with Gasteiger partial charge in [-0.1, -0.05) is 19.9 Å². The zero-order valence-corrected chi connectivity index (χ0v) is 18.5. The van der Waals surface area contributed by atoms with E-state index in [0.29, 0.717) is 13.1 Å². The van der Waals surface area contributed by atoms with Crippen LogP contribution in [0.15, 0.2) is 22.5 Å². The van der Waals surface area contributed by atoms with Gasteiger partial charge in [0.25, 0.3) is 0 Å². The Morgan fingerprint density at radius 1 is 1.24 bits per heavy atom. The zero-order chi connectivity index (χ0) is 17.4. The van der Waals surface area contributed by atoms with E-state index in [9.17, 15) is 4.79 Å². The van der Waals surface area contributed by atoms with E-state index in [-0.39, 0.29) is 35.8 Å². The Labute approximate surface area is 172 Å². The summed E-state index contributed by atoms with van der Waals surface area (Å²) in [6.45, 7) is 10.2. The first-order chi connectivity index (χ1) is 11.6. The van der Waals surface area contributed by atoms with Crippen molar-refractivity contribution in [2.45, 2.75) is 20.4 Å². The fourth-order valence-corrected chi connectivity index (χ4v) is 3.38. The van der Waals surface area contributed by atoms with Gasteiger partial charge in [0.15, 0.2) is 5.96 Å². The monoisotopic (exact) mass is 479 g/mol. The Bertz CT molecular complexity index is 527. The van der Waals surface area contributed by atoms with Crippen molar-refractivity contribution < 1.29 is 4.79 Å². The largest absolute Gasteiger partial charge is 0.354 e. The van der Waals surface area contributed by atoms with Gasteiger partial charge in [0.2, 0.25) is 5.91 Å². The number of thiophene rings is 1. The van der Waals surface area contributed by atoms with E-state index in [2.05, 4.69) is 42.9 Å². The van der Waals surface area contributed by atoms with E-state index in [0.717, 1.165) is 38.7 Å². The molecular formula is C17H30IN5OS. The number of amides is 1. The fraction of sp³-hybridized carbons (Fsp3) is 0.647. The molecule has 1 aromatic rings. The van der Waals surface area contributed by atoms with Gasteiger partial charge in [0.05, 0.1) is 0 Å². The van der Waals surface area contributed by atoms with Gasteiger partial charge in [-0.25, -0.2) is 0 Å². The highest BCUT2D eigenvalue weighted by Crippen LogP contribution is 2.13. The van der Waals surface area contributed by atoms with Gasteiger partial charge in [-0.3, -0.25) is 14.7 Å². The second-order valence-corrected chi connectivity index (χ2v) is 7.29. The number of nitrogens with one attached hydrogen (secondary N) is 2. The van der Waals surface area contributed by atoms with E-state index in [4.69, 9.17) is 0 Å². The van der Waals surface area contributed by atoms with Crippen molar-refractivity contribution in [1.82, 2.24) is 20.4 Å². The highest BCUT2D eigenvalue weighted by Gasteiger charge is 2.19. The predicted octanol–water partition coefficient (Wildman–Crippen LogP) is 1.83. The number of carbonyl (C=O) groups excluding carboxylic acids is 1. The third-order valence-electron chi connectivity index (χ3n) is 4.07. The molecule has 0 bridgehead atoms. The molecule has 0 atom stereocenters. The summed E-state index contributed by atoms with van der Waals surface area (Å²) in [5, 5.41) is 8.39. The van der Waals surface area contributed by atoms with Crippen LogP contribution in [-0.2, 0) is 11.3 Å². The second kappa shape index (κ2) is 11.7. The summed E-state index contributed by atoms with van der Waals surface area (Å²) >= 11 is 1.82. The van der Waals surface area contributed by atoms with Gasteiger partial charge in [-0.2, -0.15) is 0 Å². The number of aliphatic imine (C=N–C) groups is 1. The van der Waals surface area contributed by atoms with E-state index < -0.39 is 0 Å². The summed E-state index contributed by atoms with van der Waals surface area (Å²) in [5.41, 5.74) is 0. The molecule has 142 valence electrons. The van der Waals surface area contributed by atoms with Crippen molar-refractivity contribution >= 4 is 47.2 Å². The fourth-order valence-electron chi connectivity index (χ4n) is 2.64. The van der Waals surface area contributed by atoms with Gasteiger partial charge in [0.1, 0.15) is 0 Å². The summed E-state index contributed by atoms with van der Waals surface area (Å²) in [6.07, 6.45) is 0. The zero-order valence-electron chi connectivity index (χ0n) is 15.3. The van der Waals surface area contributed by atoms with Crippen LogP contribution in [0.5, 0.6) is 0 Å². The first kappa shape index (κ1) is 22.2. The molecule has 1 aliphatic heterocycles. The number of halogens is 1. The molecule has 6 nitrogen and oxygen atoms in total. The second-order valence-electron chi connectivity index (χ2n) is 6.26. The maximum Gasteiger partial charge on any atom is 0.222 e. The number of hydrogen-bond donors (Lipinski definition) is 2. The summed E-state index contributed by atoms with van der Waals surface area (Å²) in [7, 11) is 1.81. The molecule has 0 aromatic carbocycles. The highest BCUT2D eigenvalue weighted by molar-refractivity contribution is 14.0. The molecule has 2 heterocycles. The Morgan fingerprint density at radius 3 is 2.48 bits per heavy atom. The van der Waals surface area contributed by atoms with Crippen molar-refractivity contribution in [3.05, 3.63) is 22.4 Å². The minimum atomic E-state index is 0. The van der Waals surface area contributed by atoms with E-state index in [1.165, 1.54) is 4.88 Å². The van der Waals surface area contributed by atoms with Crippen LogP contribution in [0.2, 0.25) is 0 Å². The summed E-state index contributed by atoms with van der Waals surface area (Å²) < 4.78 is 0. The van der Waals surface area contributed by atoms with E-state index in [1.807, 2.05) is 32.2 Å². The lowest BCUT2D eigenvalue weighted by Crippen LogP contribution is -2.53. The minimum Gasteiger partial charge on any atom is -0.354 e. The van der Waals surface area contributed by atoms with Crippen LogP contribution < -0.4 is 10.6 Å².